The van der Waals surface area contributed by atoms with E-state index in [0.29, 0.717) is 5.92 Å². The van der Waals surface area contributed by atoms with E-state index < -0.39 is 0 Å². The Balaban J connectivity index is 1.76. The molecule has 2 fully saturated rings. The molecule has 2 heterocycles. The summed E-state index contributed by atoms with van der Waals surface area (Å²) in [5, 5.41) is 3.22. The van der Waals surface area contributed by atoms with Gasteiger partial charge in [-0.25, -0.2) is 4.79 Å². The van der Waals surface area contributed by atoms with Gasteiger partial charge in [-0.15, -0.1) is 0 Å². The number of urea groups is 1. The van der Waals surface area contributed by atoms with Crippen molar-refractivity contribution in [1.29, 1.82) is 0 Å². The molecule has 0 aromatic rings. The third kappa shape index (κ3) is 5.15. The summed E-state index contributed by atoms with van der Waals surface area (Å²) in [6.07, 6.45) is 4.95. The third-order valence-electron chi connectivity index (χ3n) is 5.23. The van der Waals surface area contributed by atoms with Crippen molar-refractivity contribution in [1.82, 2.24) is 15.1 Å². The zero-order chi connectivity index (χ0) is 16.1. The van der Waals surface area contributed by atoms with Gasteiger partial charge in [-0.3, -0.25) is 0 Å². The second-order valence-corrected chi connectivity index (χ2v) is 7.88. The summed E-state index contributed by atoms with van der Waals surface area (Å²) in [4.78, 5) is 17.0. The fraction of sp³-hybridized carbons (Fsp3) is 0.944. The van der Waals surface area contributed by atoms with Crippen LogP contribution in [0.2, 0.25) is 0 Å². The van der Waals surface area contributed by atoms with E-state index in [1.165, 1.54) is 32.4 Å². The average molecular weight is 309 g/mol. The van der Waals surface area contributed by atoms with Gasteiger partial charge >= 0.3 is 6.03 Å². The van der Waals surface area contributed by atoms with Crippen LogP contribution in [0.1, 0.15) is 53.4 Å². The molecule has 0 saturated carbocycles. The molecule has 4 atom stereocenters. The summed E-state index contributed by atoms with van der Waals surface area (Å²) in [7, 11) is 0. The minimum Gasteiger partial charge on any atom is -0.334 e. The Bertz CT molecular complexity index is 350. The van der Waals surface area contributed by atoms with E-state index in [4.69, 9.17) is 0 Å². The summed E-state index contributed by atoms with van der Waals surface area (Å²) >= 11 is 0. The van der Waals surface area contributed by atoms with Gasteiger partial charge in [0.15, 0.2) is 0 Å². The van der Waals surface area contributed by atoms with Gasteiger partial charge in [0.2, 0.25) is 0 Å². The Morgan fingerprint density at radius 3 is 2.55 bits per heavy atom. The lowest BCUT2D eigenvalue weighted by molar-refractivity contribution is 0.126. The van der Waals surface area contributed by atoms with Crippen LogP contribution in [0, 0.1) is 17.8 Å². The SMILES string of the molecule is CC[C@@H]1CCCN(C(=O)N[C@@H](C)CN2C[C@H](C)C[C@H](C)C2)C1. The highest BCUT2D eigenvalue weighted by Gasteiger charge is 2.26. The third-order valence-corrected chi connectivity index (χ3v) is 5.23. The quantitative estimate of drug-likeness (QED) is 0.865. The van der Waals surface area contributed by atoms with Crippen molar-refractivity contribution in [3.8, 4) is 0 Å². The number of hydrogen-bond donors (Lipinski definition) is 1. The Kier molecular flexibility index (Phi) is 6.54. The second kappa shape index (κ2) is 8.19. The monoisotopic (exact) mass is 309 g/mol. The molecule has 2 amide bonds. The maximum Gasteiger partial charge on any atom is 0.317 e. The van der Waals surface area contributed by atoms with Crippen LogP contribution < -0.4 is 5.32 Å². The van der Waals surface area contributed by atoms with Crippen molar-refractivity contribution in [2.24, 2.45) is 17.8 Å². The molecular formula is C18H35N3O. The summed E-state index contributed by atoms with van der Waals surface area (Å²) in [5.74, 6) is 2.25. The van der Waals surface area contributed by atoms with Gasteiger partial charge in [-0.1, -0.05) is 27.2 Å². The topological polar surface area (TPSA) is 35.6 Å². The first-order valence-corrected chi connectivity index (χ1v) is 9.25. The van der Waals surface area contributed by atoms with Crippen molar-refractivity contribution in [2.75, 3.05) is 32.7 Å². The smallest absolute Gasteiger partial charge is 0.317 e. The summed E-state index contributed by atoms with van der Waals surface area (Å²) in [5.41, 5.74) is 0. The molecule has 22 heavy (non-hydrogen) atoms. The van der Waals surface area contributed by atoms with Gasteiger partial charge in [0.05, 0.1) is 0 Å². The van der Waals surface area contributed by atoms with E-state index in [9.17, 15) is 4.79 Å². The maximum absolute atomic E-state index is 12.4. The van der Waals surface area contributed by atoms with Crippen LogP contribution in [0.5, 0.6) is 0 Å². The number of nitrogens with zero attached hydrogens (tertiary/aromatic N) is 2. The predicted molar refractivity (Wildman–Crippen MR) is 92.0 cm³/mol. The van der Waals surface area contributed by atoms with Gasteiger partial charge in [0.25, 0.3) is 0 Å². The minimum atomic E-state index is 0.142. The number of rotatable bonds is 4. The zero-order valence-corrected chi connectivity index (χ0v) is 15.0. The molecule has 0 spiro atoms. The van der Waals surface area contributed by atoms with E-state index in [2.05, 4.69) is 37.9 Å². The van der Waals surface area contributed by atoms with E-state index in [1.807, 2.05) is 4.90 Å². The number of hydrogen-bond acceptors (Lipinski definition) is 2. The van der Waals surface area contributed by atoms with Crippen LogP contribution in [0.15, 0.2) is 0 Å². The molecule has 4 heteroatoms. The Labute approximate surface area is 136 Å². The molecule has 0 unspecified atom stereocenters. The van der Waals surface area contributed by atoms with Crippen molar-refractivity contribution in [3.63, 3.8) is 0 Å². The molecule has 2 rings (SSSR count). The zero-order valence-electron chi connectivity index (χ0n) is 15.0. The predicted octanol–water partition coefficient (Wildman–Crippen LogP) is 3.18. The van der Waals surface area contributed by atoms with E-state index in [0.717, 1.165) is 37.9 Å². The average Bonchev–Trinajstić information content (AvgIpc) is 2.46. The largest absolute Gasteiger partial charge is 0.334 e. The maximum atomic E-state index is 12.4. The molecule has 0 radical (unpaired) electrons. The molecule has 1 N–H and O–H groups in total. The van der Waals surface area contributed by atoms with Gasteiger partial charge in [-0.2, -0.15) is 0 Å². The number of nitrogens with one attached hydrogen (secondary N) is 1. The summed E-state index contributed by atoms with van der Waals surface area (Å²) in [6.45, 7) is 14.2. The van der Waals surface area contributed by atoms with Crippen LogP contribution >= 0.6 is 0 Å². The fourth-order valence-corrected chi connectivity index (χ4v) is 4.26. The van der Waals surface area contributed by atoms with E-state index in [-0.39, 0.29) is 12.1 Å². The van der Waals surface area contributed by atoms with E-state index in [1.54, 1.807) is 0 Å². The molecular weight excluding hydrogens is 274 g/mol. The van der Waals surface area contributed by atoms with Crippen molar-refractivity contribution in [2.45, 2.75) is 59.4 Å². The summed E-state index contributed by atoms with van der Waals surface area (Å²) in [6, 6.07) is 0.371. The Hall–Kier alpha value is -0.770. The first-order valence-electron chi connectivity index (χ1n) is 9.25. The van der Waals surface area contributed by atoms with Crippen LogP contribution in [0.4, 0.5) is 4.79 Å². The van der Waals surface area contributed by atoms with Crippen LogP contribution in [-0.4, -0.2) is 54.6 Å². The normalized spacial score (nSPS) is 31.8. The Morgan fingerprint density at radius 2 is 1.91 bits per heavy atom. The van der Waals surface area contributed by atoms with Crippen LogP contribution in [-0.2, 0) is 0 Å². The second-order valence-electron chi connectivity index (χ2n) is 7.88. The number of likely N-dealkylation sites (tertiary alicyclic amines) is 2. The highest BCUT2D eigenvalue weighted by molar-refractivity contribution is 5.74. The fourth-order valence-electron chi connectivity index (χ4n) is 4.26. The molecule has 0 bridgehead atoms. The number of carbonyl (C=O) groups is 1. The van der Waals surface area contributed by atoms with Crippen molar-refractivity contribution in [3.05, 3.63) is 0 Å². The molecule has 2 aliphatic rings. The number of carbonyl (C=O) groups excluding carboxylic acids is 1. The highest BCUT2D eigenvalue weighted by atomic mass is 16.2. The minimum absolute atomic E-state index is 0.142. The number of amides is 2. The molecule has 0 aromatic carbocycles. The van der Waals surface area contributed by atoms with Crippen molar-refractivity contribution < 1.29 is 4.79 Å². The lowest BCUT2D eigenvalue weighted by atomic mass is 9.92. The molecule has 2 aliphatic heterocycles. The Morgan fingerprint density at radius 1 is 1.23 bits per heavy atom. The van der Waals surface area contributed by atoms with Gasteiger partial charge in [-0.05, 0) is 43.9 Å². The van der Waals surface area contributed by atoms with Crippen LogP contribution in [0.25, 0.3) is 0 Å². The van der Waals surface area contributed by atoms with Crippen LogP contribution in [0.3, 0.4) is 0 Å². The molecule has 2 saturated heterocycles. The summed E-state index contributed by atoms with van der Waals surface area (Å²) < 4.78 is 0. The van der Waals surface area contributed by atoms with Crippen molar-refractivity contribution >= 4 is 6.03 Å². The first-order chi connectivity index (χ1) is 10.5. The first kappa shape index (κ1) is 17.6. The van der Waals surface area contributed by atoms with Gasteiger partial charge in [0.1, 0.15) is 0 Å². The molecule has 128 valence electrons. The number of piperidine rings is 2. The lowest BCUT2D eigenvalue weighted by Gasteiger charge is -2.37. The highest BCUT2D eigenvalue weighted by Crippen LogP contribution is 2.21. The molecule has 4 nitrogen and oxygen atoms in total. The molecule has 0 aromatic heterocycles. The van der Waals surface area contributed by atoms with Gasteiger partial charge < -0.3 is 15.1 Å². The van der Waals surface area contributed by atoms with Gasteiger partial charge in [0, 0.05) is 38.8 Å². The van der Waals surface area contributed by atoms with E-state index >= 15 is 0 Å². The lowest BCUT2D eigenvalue weighted by Crippen LogP contribution is -2.52. The molecule has 0 aliphatic carbocycles. The standard InChI is InChI=1S/C18H35N3O/c1-5-17-7-6-8-21(13-17)18(22)19-16(4)12-20-10-14(2)9-15(3)11-20/h14-17H,5-13H2,1-4H3,(H,19,22)/t14-,15+,16-,17+/m0/s1.